The Morgan fingerprint density at radius 1 is 1.11 bits per heavy atom. The van der Waals surface area contributed by atoms with Crippen LogP contribution in [-0.2, 0) is 4.79 Å². The predicted molar refractivity (Wildman–Crippen MR) is 73.3 cm³/mol. The molecule has 2 fully saturated rings. The Kier molecular flexibility index (Phi) is 3.19. The van der Waals surface area contributed by atoms with Gasteiger partial charge in [-0.3, -0.25) is 4.79 Å². The third kappa shape index (κ3) is 2.21. The maximum absolute atomic E-state index is 12.5. The van der Waals surface area contributed by atoms with E-state index in [-0.39, 0.29) is 18.0 Å². The fourth-order valence-electron chi connectivity index (χ4n) is 2.84. The van der Waals surface area contributed by atoms with E-state index in [9.17, 15) is 9.59 Å². The van der Waals surface area contributed by atoms with E-state index < -0.39 is 0 Å². The highest BCUT2D eigenvalue weighted by molar-refractivity contribution is 6.30. The number of hydrogen-bond donors (Lipinski definition) is 0. The van der Waals surface area contributed by atoms with Crippen molar-refractivity contribution in [2.75, 3.05) is 11.4 Å². The number of anilines is 1. The Labute approximate surface area is 116 Å². The van der Waals surface area contributed by atoms with E-state index >= 15 is 0 Å². The summed E-state index contributed by atoms with van der Waals surface area (Å²) in [4.78, 5) is 27.8. The third-order valence-corrected chi connectivity index (χ3v) is 4.06. The Bertz CT molecular complexity index is 515. The fraction of sp³-hybridized carbons (Fsp3) is 0.429. The smallest absolute Gasteiger partial charge is 0.320 e. The monoisotopic (exact) mass is 278 g/mol. The first-order valence-electron chi connectivity index (χ1n) is 6.56. The molecule has 1 aromatic carbocycles. The summed E-state index contributed by atoms with van der Waals surface area (Å²) in [6.45, 7) is 0.751. The highest BCUT2D eigenvalue weighted by Crippen LogP contribution is 2.30. The van der Waals surface area contributed by atoms with E-state index in [2.05, 4.69) is 0 Å². The van der Waals surface area contributed by atoms with Crippen LogP contribution in [0, 0.1) is 0 Å². The van der Waals surface area contributed by atoms with Gasteiger partial charge < -0.3 is 4.90 Å². The summed E-state index contributed by atoms with van der Waals surface area (Å²) in [6, 6.07) is 6.71. The maximum Gasteiger partial charge on any atom is 0.331 e. The summed E-state index contributed by atoms with van der Waals surface area (Å²) in [5, 5.41) is 0.594. The van der Waals surface area contributed by atoms with Gasteiger partial charge in [0.2, 0.25) is 5.91 Å². The van der Waals surface area contributed by atoms with Crippen molar-refractivity contribution in [2.24, 2.45) is 0 Å². The zero-order valence-electron chi connectivity index (χ0n) is 10.5. The predicted octanol–water partition coefficient (Wildman–Crippen LogP) is 3.05. The summed E-state index contributed by atoms with van der Waals surface area (Å²) in [6.07, 6.45) is 3.48. The number of carbonyl (C=O) groups is 2. The lowest BCUT2D eigenvalue weighted by molar-refractivity contribution is -0.120. The number of benzene rings is 1. The molecule has 0 aliphatic carbocycles. The molecule has 0 radical (unpaired) electrons. The van der Waals surface area contributed by atoms with Crippen molar-refractivity contribution >= 4 is 29.2 Å². The van der Waals surface area contributed by atoms with Crippen LogP contribution in [0.2, 0.25) is 5.02 Å². The minimum atomic E-state index is -0.191. The number of hydrogen-bond acceptors (Lipinski definition) is 2. The molecule has 2 aliphatic rings. The average molecular weight is 279 g/mol. The molecule has 2 heterocycles. The number of nitrogens with zero attached hydrogens (tertiary/aromatic N) is 2. The quantitative estimate of drug-likeness (QED) is 0.792. The van der Waals surface area contributed by atoms with Crippen LogP contribution in [0.15, 0.2) is 24.3 Å². The van der Waals surface area contributed by atoms with Gasteiger partial charge in [-0.15, -0.1) is 0 Å². The number of imide groups is 1. The molecule has 0 bridgehead atoms. The molecular formula is C14H15ClN2O2. The second-order valence-electron chi connectivity index (χ2n) is 5.04. The Hall–Kier alpha value is -1.55. The van der Waals surface area contributed by atoms with Crippen molar-refractivity contribution in [3.05, 3.63) is 29.3 Å². The van der Waals surface area contributed by atoms with E-state index in [1.807, 2.05) is 4.90 Å². The summed E-state index contributed by atoms with van der Waals surface area (Å²) in [7, 11) is 0. The zero-order valence-corrected chi connectivity index (χ0v) is 11.3. The van der Waals surface area contributed by atoms with Gasteiger partial charge in [-0.1, -0.05) is 11.6 Å². The molecule has 0 saturated carbocycles. The highest BCUT2D eigenvalue weighted by atomic mass is 35.5. The summed E-state index contributed by atoms with van der Waals surface area (Å²) >= 11 is 5.84. The molecule has 19 heavy (non-hydrogen) atoms. The molecule has 0 N–H and O–H groups in total. The minimum Gasteiger partial charge on any atom is -0.320 e. The van der Waals surface area contributed by atoms with E-state index in [1.165, 1.54) is 4.90 Å². The SMILES string of the molecule is O=C1CC2CCCCN2C(=O)N1c1ccc(Cl)cc1. The van der Waals surface area contributed by atoms with Crippen molar-refractivity contribution in [1.29, 1.82) is 0 Å². The largest absolute Gasteiger partial charge is 0.331 e. The molecule has 100 valence electrons. The van der Waals surface area contributed by atoms with Gasteiger partial charge in [0.05, 0.1) is 5.69 Å². The molecule has 4 nitrogen and oxygen atoms in total. The average Bonchev–Trinajstić information content (AvgIpc) is 2.41. The second kappa shape index (κ2) is 4.85. The minimum absolute atomic E-state index is 0.0947. The highest BCUT2D eigenvalue weighted by Gasteiger charge is 2.40. The van der Waals surface area contributed by atoms with Crippen LogP contribution in [-0.4, -0.2) is 29.4 Å². The first-order valence-corrected chi connectivity index (χ1v) is 6.94. The van der Waals surface area contributed by atoms with Crippen LogP contribution in [0.1, 0.15) is 25.7 Å². The number of urea groups is 1. The number of piperidine rings is 1. The third-order valence-electron chi connectivity index (χ3n) is 3.81. The van der Waals surface area contributed by atoms with Crippen LogP contribution in [0.5, 0.6) is 0 Å². The summed E-state index contributed by atoms with van der Waals surface area (Å²) in [5.74, 6) is -0.115. The van der Waals surface area contributed by atoms with Crippen LogP contribution >= 0.6 is 11.6 Å². The molecule has 5 heteroatoms. The molecule has 3 rings (SSSR count). The molecular weight excluding hydrogens is 264 g/mol. The molecule has 1 atom stereocenters. The number of fused-ring (bicyclic) bond motifs is 1. The second-order valence-corrected chi connectivity index (χ2v) is 5.47. The van der Waals surface area contributed by atoms with Gasteiger partial charge in [0, 0.05) is 24.0 Å². The fourth-order valence-corrected chi connectivity index (χ4v) is 2.96. The van der Waals surface area contributed by atoms with Gasteiger partial charge in [0.1, 0.15) is 0 Å². The Morgan fingerprint density at radius 2 is 1.84 bits per heavy atom. The molecule has 0 aromatic heterocycles. The van der Waals surface area contributed by atoms with Gasteiger partial charge in [0.15, 0.2) is 0 Å². The first kappa shape index (κ1) is 12.5. The lowest BCUT2D eigenvalue weighted by atomic mass is 9.97. The van der Waals surface area contributed by atoms with Crippen molar-refractivity contribution < 1.29 is 9.59 Å². The van der Waals surface area contributed by atoms with Crippen LogP contribution in [0.4, 0.5) is 10.5 Å². The molecule has 0 spiro atoms. The molecule has 2 saturated heterocycles. The van der Waals surface area contributed by atoms with E-state index in [0.29, 0.717) is 17.1 Å². The summed E-state index contributed by atoms with van der Waals surface area (Å²) < 4.78 is 0. The number of halogens is 1. The van der Waals surface area contributed by atoms with E-state index in [1.54, 1.807) is 24.3 Å². The topological polar surface area (TPSA) is 40.6 Å². The van der Waals surface area contributed by atoms with Crippen LogP contribution in [0.3, 0.4) is 0 Å². The first-order chi connectivity index (χ1) is 9.16. The molecule has 1 aromatic rings. The number of amides is 3. The normalized spacial score (nSPS) is 23.5. The Morgan fingerprint density at radius 3 is 2.58 bits per heavy atom. The molecule has 3 amide bonds. The van der Waals surface area contributed by atoms with Crippen LogP contribution in [0.25, 0.3) is 0 Å². The van der Waals surface area contributed by atoms with Crippen molar-refractivity contribution in [1.82, 2.24) is 4.90 Å². The van der Waals surface area contributed by atoms with E-state index in [0.717, 1.165) is 25.8 Å². The van der Waals surface area contributed by atoms with Gasteiger partial charge in [0.25, 0.3) is 0 Å². The van der Waals surface area contributed by atoms with Gasteiger partial charge in [-0.2, -0.15) is 0 Å². The molecule has 2 aliphatic heterocycles. The Balaban J connectivity index is 1.90. The lowest BCUT2D eigenvalue weighted by Gasteiger charge is -2.42. The van der Waals surface area contributed by atoms with Crippen LogP contribution < -0.4 is 4.90 Å². The number of rotatable bonds is 1. The van der Waals surface area contributed by atoms with Gasteiger partial charge >= 0.3 is 6.03 Å². The van der Waals surface area contributed by atoms with Crippen molar-refractivity contribution in [3.8, 4) is 0 Å². The lowest BCUT2D eigenvalue weighted by Crippen LogP contribution is -2.58. The van der Waals surface area contributed by atoms with E-state index in [4.69, 9.17) is 11.6 Å². The summed E-state index contributed by atoms with van der Waals surface area (Å²) in [5.41, 5.74) is 0.600. The van der Waals surface area contributed by atoms with Gasteiger partial charge in [-0.25, -0.2) is 9.69 Å². The van der Waals surface area contributed by atoms with Gasteiger partial charge in [-0.05, 0) is 43.5 Å². The van der Waals surface area contributed by atoms with Crippen molar-refractivity contribution in [3.63, 3.8) is 0 Å². The molecule has 1 unspecified atom stereocenters. The number of carbonyl (C=O) groups excluding carboxylic acids is 2. The maximum atomic E-state index is 12.5. The standard InChI is InChI=1S/C14H15ClN2O2/c15-10-4-6-11(7-5-10)17-13(18)9-12-3-1-2-8-16(12)14(17)19/h4-7,12H,1-3,8-9H2. The zero-order chi connectivity index (χ0) is 13.4. The van der Waals surface area contributed by atoms with Crippen molar-refractivity contribution in [2.45, 2.75) is 31.7 Å².